The lowest BCUT2D eigenvalue weighted by Gasteiger charge is -2.31. The summed E-state index contributed by atoms with van der Waals surface area (Å²) in [6.45, 7) is 0. The molecule has 0 amide bonds. The first kappa shape index (κ1) is 16.6. The van der Waals surface area contributed by atoms with Gasteiger partial charge in [0.05, 0.1) is 18.6 Å². The Kier molecular flexibility index (Phi) is 3.78. The fraction of sp³-hybridized carbons (Fsp3) is 0.0952. The average Bonchev–Trinajstić information content (AvgIpc) is 2.71. The van der Waals surface area contributed by atoms with E-state index >= 15 is 0 Å². The topological polar surface area (TPSA) is 102 Å². The number of nitrogens with zero attached hydrogens (tertiary/aromatic N) is 1. The fourth-order valence-electron chi connectivity index (χ4n) is 3.46. The molecule has 0 spiro atoms. The standard InChI is InChI=1S/C21H14N2O4/c1-26-12-6-4-5-11(9-12)16-15(10-22)21(23)27-20-17(16)18(24)13-7-2-3-8-14(13)19(20)25/h2-9,16H,23H2,1H3. The van der Waals surface area contributed by atoms with Crippen LogP contribution in [-0.4, -0.2) is 18.7 Å². The van der Waals surface area contributed by atoms with Crippen molar-refractivity contribution >= 4 is 11.6 Å². The fourth-order valence-corrected chi connectivity index (χ4v) is 3.46. The number of nitriles is 1. The molecule has 0 bridgehead atoms. The molecule has 1 heterocycles. The molecular formula is C21H14N2O4. The summed E-state index contributed by atoms with van der Waals surface area (Å²) in [6, 6.07) is 15.5. The molecule has 2 N–H and O–H groups in total. The monoisotopic (exact) mass is 358 g/mol. The summed E-state index contributed by atoms with van der Waals surface area (Å²) in [5.74, 6) is -1.32. The molecule has 132 valence electrons. The van der Waals surface area contributed by atoms with Gasteiger partial charge in [-0.05, 0) is 17.7 Å². The van der Waals surface area contributed by atoms with Gasteiger partial charge >= 0.3 is 0 Å². The van der Waals surface area contributed by atoms with Crippen molar-refractivity contribution in [1.29, 1.82) is 5.26 Å². The third kappa shape index (κ3) is 2.41. The van der Waals surface area contributed by atoms with Crippen molar-refractivity contribution in [2.24, 2.45) is 5.73 Å². The SMILES string of the molecule is COc1cccc(C2C(C#N)=C(N)OC3=C2C(=O)c2ccccc2C3=O)c1. The van der Waals surface area contributed by atoms with Crippen molar-refractivity contribution in [3.05, 3.63) is 88.0 Å². The van der Waals surface area contributed by atoms with Crippen LogP contribution in [0.4, 0.5) is 0 Å². The van der Waals surface area contributed by atoms with Gasteiger partial charge in [-0.25, -0.2) is 0 Å². The summed E-state index contributed by atoms with van der Waals surface area (Å²) in [6.07, 6.45) is 0. The number of ketones is 2. The van der Waals surface area contributed by atoms with Crippen molar-refractivity contribution in [1.82, 2.24) is 0 Å². The van der Waals surface area contributed by atoms with E-state index in [-0.39, 0.29) is 39.7 Å². The van der Waals surface area contributed by atoms with Crippen molar-refractivity contribution in [2.75, 3.05) is 7.11 Å². The molecule has 1 atom stereocenters. The van der Waals surface area contributed by atoms with Gasteiger partial charge in [0.15, 0.2) is 11.5 Å². The van der Waals surface area contributed by atoms with Gasteiger partial charge in [0.1, 0.15) is 17.4 Å². The highest BCUT2D eigenvalue weighted by Gasteiger charge is 2.43. The molecule has 1 aliphatic heterocycles. The van der Waals surface area contributed by atoms with Gasteiger partial charge in [-0.15, -0.1) is 0 Å². The van der Waals surface area contributed by atoms with Crippen LogP contribution in [0.25, 0.3) is 0 Å². The lowest BCUT2D eigenvalue weighted by Crippen LogP contribution is -2.32. The van der Waals surface area contributed by atoms with E-state index in [1.165, 1.54) is 7.11 Å². The van der Waals surface area contributed by atoms with Gasteiger partial charge in [0.25, 0.3) is 0 Å². The van der Waals surface area contributed by atoms with Crippen LogP contribution in [0.15, 0.2) is 71.3 Å². The van der Waals surface area contributed by atoms with Gasteiger partial charge in [-0.3, -0.25) is 9.59 Å². The van der Waals surface area contributed by atoms with Crippen molar-refractivity contribution in [3.63, 3.8) is 0 Å². The second kappa shape index (κ2) is 6.15. The molecule has 0 fully saturated rings. The third-order valence-electron chi connectivity index (χ3n) is 4.71. The van der Waals surface area contributed by atoms with E-state index in [1.807, 2.05) is 6.07 Å². The molecule has 2 aliphatic rings. The number of allylic oxidation sites excluding steroid dienone is 3. The number of ether oxygens (including phenoxy) is 2. The Labute approximate surface area is 155 Å². The van der Waals surface area contributed by atoms with E-state index in [2.05, 4.69) is 0 Å². The van der Waals surface area contributed by atoms with Crippen LogP contribution < -0.4 is 10.5 Å². The Morgan fingerprint density at radius 1 is 1.07 bits per heavy atom. The maximum Gasteiger partial charge on any atom is 0.229 e. The molecule has 2 aromatic carbocycles. The molecule has 1 unspecified atom stereocenters. The first-order valence-corrected chi connectivity index (χ1v) is 8.21. The van der Waals surface area contributed by atoms with Crippen LogP contribution >= 0.6 is 0 Å². The highest BCUT2D eigenvalue weighted by molar-refractivity contribution is 6.27. The van der Waals surface area contributed by atoms with Gasteiger partial charge in [-0.2, -0.15) is 5.26 Å². The molecule has 0 saturated carbocycles. The first-order valence-electron chi connectivity index (χ1n) is 8.21. The number of nitrogens with two attached hydrogens (primary N) is 1. The largest absolute Gasteiger partial charge is 0.497 e. The maximum absolute atomic E-state index is 13.2. The van der Waals surface area contributed by atoms with Crippen LogP contribution in [-0.2, 0) is 4.74 Å². The van der Waals surface area contributed by atoms with Crippen LogP contribution in [0.3, 0.4) is 0 Å². The Morgan fingerprint density at radius 3 is 2.44 bits per heavy atom. The molecular weight excluding hydrogens is 344 g/mol. The van der Waals surface area contributed by atoms with Crippen molar-refractivity contribution in [2.45, 2.75) is 5.92 Å². The number of hydrogen-bond donors (Lipinski definition) is 1. The summed E-state index contributed by atoms with van der Waals surface area (Å²) >= 11 is 0. The summed E-state index contributed by atoms with van der Waals surface area (Å²) < 4.78 is 10.7. The van der Waals surface area contributed by atoms with Crippen LogP contribution in [0.5, 0.6) is 5.75 Å². The number of carbonyl (C=O) groups excluding carboxylic acids is 2. The molecule has 2 aromatic rings. The van der Waals surface area contributed by atoms with Crippen LogP contribution in [0.2, 0.25) is 0 Å². The molecule has 1 aliphatic carbocycles. The number of rotatable bonds is 2. The minimum absolute atomic E-state index is 0.0857. The van der Waals surface area contributed by atoms with E-state index in [1.54, 1.807) is 48.5 Å². The number of benzene rings is 2. The van der Waals surface area contributed by atoms with E-state index < -0.39 is 11.7 Å². The molecule has 6 nitrogen and oxygen atoms in total. The van der Waals surface area contributed by atoms with Gasteiger partial charge in [-0.1, -0.05) is 36.4 Å². The lowest BCUT2D eigenvalue weighted by atomic mass is 9.75. The normalized spacial score (nSPS) is 18.4. The predicted molar refractivity (Wildman–Crippen MR) is 95.8 cm³/mol. The van der Waals surface area contributed by atoms with Crippen LogP contribution in [0, 0.1) is 11.3 Å². The lowest BCUT2D eigenvalue weighted by molar-refractivity contribution is 0.0897. The molecule has 0 saturated heterocycles. The third-order valence-corrected chi connectivity index (χ3v) is 4.71. The second-order valence-corrected chi connectivity index (χ2v) is 6.15. The zero-order valence-corrected chi connectivity index (χ0v) is 14.4. The Bertz CT molecular complexity index is 1110. The predicted octanol–water partition coefficient (Wildman–Crippen LogP) is 2.84. The summed E-state index contributed by atoms with van der Waals surface area (Å²) in [4.78, 5) is 26.1. The zero-order valence-electron chi connectivity index (χ0n) is 14.4. The van der Waals surface area contributed by atoms with E-state index in [0.717, 1.165) is 0 Å². The van der Waals surface area contributed by atoms with Gasteiger partial charge < -0.3 is 15.2 Å². The number of fused-ring (bicyclic) bond motifs is 1. The first-order chi connectivity index (χ1) is 13.1. The van der Waals surface area contributed by atoms with E-state index in [9.17, 15) is 14.9 Å². The summed E-state index contributed by atoms with van der Waals surface area (Å²) in [5, 5.41) is 9.64. The Balaban J connectivity index is 1.97. The smallest absolute Gasteiger partial charge is 0.229 e. The molecule has 4 rings (SSSR count). The Morgan fingerprint density at radius 2 is 1.78 bits per heavy atom. The number of methoxy groups -OCH3 is 1. The minimum Gasteiger partial charge on any atom is -0.497 e. The maximum atomic E-state index is 13.2. The molecule has 0 aromatic heterocycles. The average molecular weight is 358 g/mol. The van der Waals surface area contributed by atoms with E-state index in [0.29, 0.717) is 11.3 Å². The second-order valence-electron chi connectivity index (χ2n) is 6.15. The number of carbonyl (C=O) groups is 2. The minimum atomic E-state index is -0.807. The Hall–Kier alpha value is -3.85. The van der Waals surface area contributed by atoms with Crippen molar-refractivity contribution < 1.29 is 19.1 Å². The molecule has 6 heteroatoms. The van der Waals surface area contributed by atoms with Gasteiger partial charge in [0, 0.05) is 11.1 Å². The molecule has 0 radical (unpaired) electrons. The molecule has 27 heavy (non-hydrogen) atoms. The van der Waals surface area contributed by atoms with Crippen molar-refractivity contribution in [3.8, 4) is 11.8 Å². The zero-order chi connectivity index (χ0) is 19.1. The van der Waals surface area contributed by atoms with Crippen LogP contribution in [0.1, 0.15) is 32.2 Å². The highest BCUT2D eigenvalue weighted by Crippen LogP contribution is 2.44. The summed E-state index contributed by atoms with van der Waals surface area (Å²) in [5.41, 5.74) is 7.30. The number of hydrogen-bond acceptors (Lipinski definition) is 6. The van der Waals surface area contributed by atoms with E-state index in [4.69, 9.17) is 15.2 Å². The quantitative estimate of drug-likeness (QED) is 0.885. The van der Waals surface area contributed by atoms with Gasteiger partial charge in [0.2, 0.25) is 11.7 Å². The highest BCUT2D eigenvalue weighted by atomic mass is 16.5. The number of Topliss-reactive ketones (excluding diaryl/α,β-unsaturated/α-hetero) is 2. The summed E-state index contributed by atoms with van der Waals surface area (Å²) in [7, 11) is 1.52.